The first-order valence-electron chi connectivity index (χ1n) is 8.19. The van der Waals surface area contributed by atoms with Crippen molar-refractivity contribution in [3.63, 3.8) is 0 Å². The van der Waals surface area contributed by atoms with Crippen LogP contribution in [-0.2, 0) is 4.74 Å². The van der Waals surface area contributed by atoms with Gasteiger partial charge in [-0.3, -0.25) is 4.90 Å². The monoisotopic (exact) mass is 264 g/mol. The Kier molecular flexibility index (Phi) is 5.14. The van der Waals surface area contributed by atoms with E-state index in [0.29, 0.717) is 6.04 Å². The molecular weight excluding hydrogens is 236 g/mol. The summed E-state index contributed by atoms with van der Waals surface area (Å²) in [6.45, 7) is 5.44. The molecule has 3 nitrogen and oxygen atoms in total. The van der Waals surface area contributed by atoms with Gasteiger partial charge >= 0.3 is 0 Å². The second-order valence-electron chi connectivity index (χ2n) is 6.40. The van der Waals surface area contributed by atoms with E-state index in [4.69, 9.17) is 4.74 Å². The van der Waals surface area contributed by atoms with Crippen LogP contribution in [0.3, 0.4) is 0 Å². The summed E-state index contributed by atoms with van der Waals surface area (Å²) in [5, 5.41) is 3.78. The molecule has 3 rings (SSSR count). The molecule has 0 amide bonds. The van der Waals surface area contributed by atoms with Crippen molar-refractivity contribution in [2.24, 2.45) is 5.92 Å². The van der Waals surface area contributed by atoms with E-state index in [-0.39, 0.29) is 0 Å². The SMILES string of the molecule is [C]1CC2CNC3CC3CCCOCCCCCN2C1. The van der Waals surface area contributed by atoms with Gasteiger partial charge in [0.1, 0.15) is 0 Å². The van der Waals surface area contributed by atoms with Crippen LogP contribution >= 0.6 is 0 Å². The van der Waals surface area contributed by atoms with Gasteiger partial charge in [-0.15, -0.1) is 0 Å². The summed E-state index contributed by atoms with van der Waals surface area (Å²) in [7, 11) is 0. The van der Waals surface area contributed by atoms with E-state index < -0.39 is 0 Å². The fourth-order valence-electron chi connectivity index (χ4n) is 3.45. The van der Waals surface area contributed by atoms with Crippen molar-refractivity contribution in [1.29, 1.82) is 0 Å². The molecule has 2 radical (unpaired) electrons. The van der Waals surface area contributed by atoms with Gasteiger partial charge < -0.3 is 10.1 Å². The summed E-state index contributed by atoms with van der Waals surface area (Å²) >= 11 is 0. The Labute approximate surface area is 118 Å². The lowest BCUT2D eigenvalue weighted by molar-refractivity contribution is 0.124. The van der Waals surface area contributed by atoms with Crippen molar-refractivity contribution >= 4 is 0 Å². The minimum Gasteiger partial charge on any atom is -0.381 e. The highest BCUT2D eigenvalue weighted by molar-refractivity contribution is 4.96. The predicted molar refractivity (Wildman–Crippen MR) is 77.0 cm³/mol. The third-order valence-corrected chi connectivity index (χ3v) is 4.85. The number of hydrogen-bond donors (Lipinski definition) is 1. The van der Waals surface area contributed by atoms with Crippen molar-refractivity contribution in [1.82, 2.24) is 10.2 Å². The van der Waals surface area contributed by atoms with Crippen LogP contribution < -0.4 is 5.32 Å². The summed E-state index contributed by atoms with van der Waals surface area (Å²) < 4.78 is 5.72. The molecule has 0 spiro atoms. The molecule has 3 heteroatoms. The summed E-state index contributed by atoms with van der Waals surface area (Å²) in [4.78, 5) is 2.62. The second-order valence-corrected chi connectivity index (χ2v) is 6.40. The zero-order chi connectivity index (χ0) is 12.9. The predicted octanol–water partition coefficient (Wildman–Crippen LogP) is 2.10. The highest BCUT2D eigenvalue weighted by atomic mass is 16.5. The van der Waals surface area contributed by atoms with Crippen LogP contribution in [0.4, 0.5) is 0 Å². The average Bonchev–Trinajstić information content (AvgIpc) is 3.01. The number of rotatable bonds is 0. The normalized spacial score (nSPS) is 38.8. The topological polar surface area (TPSA) is 24.5 Å². The molecule has 0 aromatic rings. The third kappa shape index (κ3) is 4.17. The van der Waals surface area contributed by atoms with Crippen molar-refractivity contribution < 1.29 is 4.74 Å². The summed E-state index contributed by atoms with van der Waals surface area (Å²) in [6.07, 6.45) is 12.5. The Balaban J connectivity index is 1.47. The zero-order valence-corrected chi connectivity index (χ0v) is 12.1. The number of nitrogens with zero attached hydrogens (tertiary/aromatic N) is 1. The van der Waals surface area contributed by atoms with Gasteiger partial charge in [0.15, 0.2) is 0 Å². The van der Waals surface area contributed by atoms with Crippen molar-refractivity contribution in [2.75, 3.05) is 32.8 Å². The Morgan fingerprint density at radius 2 is 2.05 bits per heavy atom. The van der Waals surface area contributed by atoms with E-state index >= 15 is 0 Å². The molecule has 0 bridgehead atoms. The zero-order valence-electron chi connectivity index (χ0n) is 12.1. The second kappa shape index (κ2) is 7.05. The van der Waals surface area contributed by atoms with Crippen LogP contribution in [0.15, 0.2) is 0 Å². The summed E-state index contributed by atoms with van der Waals surface area (Å²) in [5.41, 5.74) is 0. The molecule has 19 heavy (non-hydrogen) atoms. The maximum absolute atomic E-state index is 5.72. The van der Waals surface area contributed by atoms with Gasteiger partial charge in [-0.2, -0.15) is 0 Å². The highest BCUT2D eigenvalue weighted by Gasteiger charge is 2.37. The minimum absolute atomic E-state index is 0.711. The molecule has 2 saturated heterocycles. The first-order chi connectivity index (χ1) is 9.43. The van der Waals surface area contributed by atoms with Crippen LogP contribution in [-0.4, -0.2) is 49.8 Å². The van der Waals surface area contributed by atoms with E-state index in [9.17, 15) is 0 Å². The molecule has 108 valence electrons. The Hall–Kier alpha value is -0.120. The van der Waals surface area contributed by atoms with Crippen LogP contribution in [0.5, 0.6) is 0 Å². The maximum atomic E-state index is 5.72. The highest BCUT2D eigenvalue weighted by Crippen LogP contribution is 2.35. The van der Waals surface area contributed by atoms with Gasteiger partial charge in [0.05, 0.1) is 0 Å². The molecule has 2 aliphatic heterocycles. The molecule has 2 heterocycles. The van der Waals surface area contributed by atoms with Gasteiger partial charge in [-0.25, -0.2) is 0 Å². The Morgan fingerprint density at radius 1 is 1.11 bits per heavy atom. The van der Waals surface area contributed by atoms with Crippen LogP contribution in [0.1, 0.15) is 44.9 Å². The quantitative estimate of drug-likeness (QED) is 0.725. The third-order valence-electron chi connectivity index (χ3n) is 4.85. The minimum atomic E-state index is 0.711. The van der Waals surface area contributed by atoms with E-state index in [1.807, 2.05) is 0 Å². The van der Waals surface area contributed by atoms with Crippen LogP contribution in [0.2, 0.25) is 0 Å². The van der Waals surface area contributed by atoms with Crippen molar-refractivity contribution in [3.8, 4) is 0 Å². The molecule has 3 unspecified atom stereocenters. The standard InChI is InChI=1S/C16H28N2O/c1-2-8-18-9-4-7-15(18)13-17-16-12-14(16)6-5-11-19-10-3-1/h14-17H,1-3,5-13H2. The first-order valence-corrected chi connectivity index (χ1v) is 8.19. The van der Waals surface area contributed by atoms with Gasteiger partial charge in [-0.1, -0.05) is 0 Å². The fourth-order valence-corrected chi connectivity index (χ4v) is 3.45. The van der Waals surface area contributed by atoms with Crippen LogP contribution in [0.25, 0.3) is 0 Å². The lowest BCUT2D eigenvalue weighted by atomic mass is 10.2. The number of hydrogen-bond acceptors (Lipinski definition) is 3. The molecule has 1 N–H and O–H groups in total. The molecule has 1 aliphatic carbocycles. The Morgan fingerprint density at radius 3 is 3.05 bits per heavy atom. The lowest BCUT2D eigenvalue weighted by Crippen LogP contribution is -2.39. The van der Waals surface area contributed by atoms with Gasteiger partial charge in [0.2, 0.25) is 0 Å². The number of nitrogens with one attached hydrogen (secondary N) is 1. The summed E-state index contributed by atoms with van der Waals surface area (Å²) in [6, 6.07) is 1.51. The molecular formula is C16H28N2O. The molecule has 3 aliphatic rings. The maximum Gasteiger partial charge on any atom is 0.0466 e. The number of ether oxygens (including phenoxy) is 1. The molecule has 3 atom stereocenters. The van der Waals surface area contributed by atoms with E-state index in [1.165, 1.54) is 51.6 Å². The van der Waals surface area contributed by atoms with Gasteiger partial charge in [0, 0.05) is 38.4 Å². The smallest absolute Gasteiger partial charge is 0.0466 e. The van der Waals surface area contributed by atoms with Gasteiger partial charge in [0.25, 0.3) is 0 Å². The van der Waals surface area contributed by atoms with Crippen molar-refractivity contribution in [3.05, 3.63) is 6.42 Å². The van der Waals surface area contributed by atoms with Crippen molar-refractivity contribution in [2.45, 2.75) is 57.0 Å². The number of fused-ring (bicyclic) bond motifs is 2. The first kappa shape index (κ1) is 13.8. The van der Waals surface area contributed by atoms with E-state index in [1.54, 1.807) is 0 Å². The largest absolute Gasteiger partial charge is 0.381 e. The molecule has 1 saturated carbocycles. The average molecular weight is 264 g/mol. The Bertz CT molecular complexity index is 271. The molecule has 0 aromatic carbocycles. The van der Waals surface area contributed by atoms with Gasteiger partial charge in [-0.05, 0) is 63.8 Å². The fraction of sp³-hybridized carbons (Fsp3) is 0.938. The van der Waals surface area contributed by atoms with E-state index in [0.717, 1.165) is 38.1 Å². The lowest BCUT2D eigenvalue weighted by Gasteiger charge is -2.24. The summed E-state index contributed by atoms with van der Waals surface area (Å²) in [5.74, 6) is 0.927. The van der Waals surface area contributed by atoms with Crippen LogP contribution in [0, 0.1) is 12.3 Å². The molecule has 0 aromatic heterocycles. The molecule has 3 fully saturated rings. The van der Waals surface area contributed by atoms with E-state index in [2.05, 4.69) is 16.6 Å².